The number of thiazole rings is 1. The van der Waals surface area contributed by atoms with Crippen LogP contribution in [0.3, 0.4) is 0 Å². The molecule has 1 saturated heterocycles. The summed E-state index contributed by atoms with van der Waals surface area (Å²) < 4.78 is 0. The van der Waals surface area contributed by atoms with Crippen molar-refractivity contribution in [3.63, 3.8) is 0 Å². The van der Waals surface area contributed by atoms with Gasteiger partial charge >= 0.3 is 0 Å². The Morgan fingerprint density at radius 1 is 1.41 bits per heavy atom. The third-order valence-corrected chi connectivity index (χ3v) is 4.80. The van der Waals surface area contributed by atoms with Gasteiger partial charge in [0.1, 0.15) is 0 Å². The molecule has 0 spiro atoms. The van der Waals surface area contributed by atoms with Crippen LogP contribution in [0.2, 0.25) is 0 Å². The summed E-state index contributed by atoms with van der Waals surface area (Å²) in [7, 11) is 0. The molecule has 0 amide bonds. The molecule has 2 fully saturated rings. The van der Waals surface area contributed by atoms with Gasteiger partial charge < -0.3 is 4.90 Å². The molecule has 3 rings (SSSR count). The zero-order valence-electron chi connectivity index (χ0n) is 10.3. The lowest BCUT2D eigenvalue weighted by molar-refractivity contribution is 0.112. The van der Waals surface area contributed by atoms with Crippen LogP contribution in [-0.2, 0) is 0 Å². The number of anilines is 1. The summed E-state index contributed by atoms with van der Waals surface area (Å²) in [6.07, 6.45) is 4.62. The predicted octanol–water partition coefficient (Wildman–Crippen LogP) is 3.07. The number of aldehydes is 1. The first-order chi connectivity index (χ1) is 8.19. The van der Waals surface area contributed by atoms with Crippen LogP contribution in [0.1, 0.15) is 54.4 Å². The molecule has 2 unspecified atom stereocenters. The van der Waals surface area contributed by atoms with Crippen molar-refractivity contribution >= 4 is 22.8 Å². The first kappa shape index (κ1) is 11.2. The average molecular weight is 250 g/mol. The van der Waals surface area contributed by atoms with Gasteiger partial charge in [-0.25, -0.2) is 4.98 Å². The number of carbonyl (C=O) groups excluding carboxylic acids is 1. The van der Waals surface area contributed by atoms with Gasteiger partial charge in [-0.15, -0.1) is 0 Å². The van der Waals surface area contributed by atoms with Gasteiger partial charge in [0, 0.05) is 18.5 Å². The van der Waals surface area contributed by atoms with Gasteiger partial charge in [-0.3, -0.25) is 4.79 Å². The minimum atomic E-state index is 0.558. The summed E-state index contributed by atoms with van der Waals surface area (Å²) in [5.41, 5.74) is 1.06. The highest BCUT2D eigenvalue weighted by atomic mass is 32.1. The summed E-state index contributed by atoms with van der Waals surface area (Å²) >= 11 is 1.58. The summed E-state index contributed by atoms with van der Waals surface area (Å²) in [6.45, 7) is 5.62. The molecule has 1 saturated carbocycles. The largest absolute Gasteiger partial charge is 0.345 e. The van der Waals surface area contributed by atoms with Crippen LogP contribution in [0.15, 0.2) is 0 Å². The normalized spacial score (nSPS) is 28.7. The van der Waals surface area contributed by atoms with Crippen LogP contribution in [0, 0.1) is 5.92 Å². The predicted molar refractivity (Wildman–Crippen MR) is 70.1 cm³/mol. The van der Waals surface area contributed by atoms with E-state index in [0.717, 1.165) is 34.5 Å². The molecule has 1 aliphatic carbocycles. The highest BCUT2D eigenvalue weighted by Crippen LogP contribution is 2.44. The van der Waals surface area contributed by atoms with E-state index in [-0.39, 0.29) is 0 Å². The van der Waals surface area contributed by atoms with Crippen molar-refractivity contribution in [2.45, 2.75) is 45.1 Å². The highest BCUT2D eigenvalue weighted by Gasteiger charge is 2.33. The summed E-state index contributed by atoms with van der Waals surface area (Å²) in [5.74, 6) is 1.30. The molecule has 1 aromatic rings. The second-order valence-electron chi connectivity index (χ2n) is 5.48. The highest BCUT2D eigenvalue weighted by molar-refractivity contribution is 7.17. The fourth-order valence-electron chi connectivity index (χ4n) is 2.75. The molecular weight excluding hydrogens is 232 g/mol. The molecule has 3 nitrogen and oxygen atoms in total. The van der Waals surface area contributed by atoms with Crippen molar-refractivity contribution in [1.82, 2.24) is 4.98 Å². The van der Waals surface area contributed by atoms with Crippen molar-refractivity contribution in [1.29, 1.82) is 0 Å². The van der Waals surface area contributed by atoms with Crippen LogP contribution in [0.5, 0.6) is 0 Å². The van der Waals surface area contributed by atoms with E-state index >= 15 is 0 Å². The third-order valence-electron chi connectivity index (χ3n) is 3.77. The fourth-order valence-corrected chi connectivity index (χ4v) is 3.83. The van der Waals surface area contributed by atoms with E-state index in [1.807, 2.05) is 0 Å². The minimum Gasteiger partial charge on any atom is -0.345 e. The second-order valence-corrected chi connectivity index (χ2v) is 6.49. The van der Waals surface area contributed by atoms with E-state index in [4.69, 9.17) is 4.98 Å². The Kier molecular flexibility index (Phi) is 2.69. The molecule has 17 heavy (non-hydrogen) atoms. The van der Waals surface area contributed by atoms with Crippen molar-refractivity contribution in [2.75, 3.05) is 11.4 Å². The van der Waals surface area contributed by atoms with Crippen molar-refractivity contribution in [3.05, 3.63) is 10.6 Å². The maximum Gasteiger partial charge on any atom is 0.186 e. The smallest absolute Gasteiger partial charge is 0.186 e. The monoisotopic (exact) mass is 250 g/mol. The van der Waals surface area contributed by atoms with Crippen LogP contribution < -0.4 is 4.90 Å². The maximum atomic E-state index is 11.1. The van der Waals surface area contributed by atoms with Gasteiger partial charge in [-0.05, 0) is 32.1 Å². The van der Waals surface area contributed by atoms with E-state index in [0.29, 0.717) is 12.0 Å². The molecule has 0 radical (unpaired) electrons. The van der Waals surface area contributed by atoms with Crippen molar-refractivity contribution in [3.8, 4) is 0 Å². The number of hydrogen-bond acceptors (Lipinski definition) is 4. The second kappa shape index (κ2) is 4.09. The Morgan fingerprint density at radius 3 is 2.71 bits per heavy atom. The molecule has 0 bridgehead atoms. The number of nitrogens with zero attached hydrogens (tertiary/aromatic N) is 2. The van der Waals surface area contributed by atoms with Crippen LogP contribution in [-0.4, -0.2) is 23.9 Å². The van der Waals surface area contributed by atoms with E-state index < -0.39 is 0 Å². The Morgan fingerprint density at radius 2 is 2.18 bits per heavy atom. The van der Waals surface area contributed by atoms with Crippen LogP contribution in [0.4, 0.5) is 5.13 Å². The van der Waals surface area contributed by atoms with Gasteiger partial charge in [-0.2, -0.15) is 0 Å². The molecule has 2 aliphatic rings. The van der Waals surface area contributed by atoms with Gasteiger partial charge in [0.15, 0.2) is 11.4 Å². The molecule has 0 aromatic carbocycles. The van der Waals surface area contributed by atoms with Crippen molar-refractivity contribution < 1.29 is 4.79 Å². The van der Waals surface area contributed by atoms with Gasteiger partial charge in [0.2, 0.25) is 0 Å². The number of aromatic nitrogens is 1. The van der Waals surface area contributed by atoms with Gasteiger partial charge in [0.25, 0.3) is 0 Å². The topological polar surface area (TPSA) is 33.2 Å². The molecular formula is C13H18N2OS. The molecule has 2 atom stereocenters. The summed E-state index contributed by atoms with van der Waals surface area (Å²) in [4.78, 5) is 19.0. The van der Waals surface area contributed by atoms with E-state index in [1.165, 1.54) is 19.3 Å². The Balaban J connectivity index is 1.90. The molecule has 2 heterocycles. The van der Waals surface area contributed by atoms with E-state index in [2.05, 4.69) is 18.7 Å². The Labute approximate surface area is 106 Å². The molecule has 4 heteroatoms. The Bertz CT molecular complexity index is 439. The van der Waals surface area contributed by atoms with Gasteiger partial charge in [-0.1, -0.05) is 18.3 Å². The zero-order valence-corrected chi connectivity index (χ0v) is 11.2. The third kappa shape index (κ3) is 1.99. The summed E-state index contributed by atoms with van der Waals surface area (Å²) in [6, 6.07) is 0.558. The standard InChI is InChI=1S/C13H18N2OS/c1-8-5-9(2)15(6-8)13-14-12(10-3-4-10)11(7-16)17-13/h7-10H,3-6H2,1-2H3. The average Bonchev–Trinajstić information content (AvgIpc) is 2.96. The first-order valence-corrected chi connectivity index (χ1v) is 7.23. The van der Waals surface area contributed by atoms with E-state index in [1.54, 1.807) is 11.3 Å². The molecule has 1 aromatic heterocycles. The lowest BCUT2D eigenvalue weighted by Crippen LogP contribution is -2.26. The molecule has 0 N–H and O–H groups in total. The number of rotatable bonds is 3. The van der Waals surface area contributed by atoms with E-state index in [9.17, 15) is 4.79 Å². The number of carbonyl (C=O) groups is 1. The van der Waals surface area contributed by atoms with Crippen LogP contribution in [0.25, 0.3) is 0 Å². The maximum absolute atomic E-state index is 11.1. The zero-order chi connectivity index (χ0) is 12.0. The summed E-state index contributed by atoms with van der Waals surface area (Å²) in [5, 5.41) is 1.06. The SMILES string of the molecule is CC1CC(C)N(c2nc(C3CC3)c(C=O)s2)C1. The van der Waals surface area contributed by atoms with Crippen molar-refractivity contribution in [2.24, 2.45) is 5.92 Å². The minimum absolute atomic E-state index is 0.558. The lowest BCUT2D eigenvalue weighted by atomic mass is 10.1. The van der Waals surface area contributed by atoms with Gasteiger partial charge in [0.05, 0.1) is 10.6 Å². The lowest BCUT2D eigenvalue weighted by Gasteiger charge is -2.19. The Hall–Kier alpha value is -0.900. The quantitative estimate of drug-likeness (QED) is 0.773. The number of hydrogen-bond donors (Lipinski definition) is 0. The molecule has 92 valence electrons. The fraction of sp³-hybridized carbons (Fsp3) is 0.692. The first-order valence-electron chi connectivity index (χ1n) is 6.41. The molecule has 1 aliphatic heterocycles. The van der Waals surface area contributed by atoms with Crippen LogP contribution >= 0.6 is 11.3 Å².